The third-order valence-electron chi connectivity index (χ3n) is 3.58. The summed E-state index contributed by atoms with van der Waals surface area (Å²) in [6, 6.07) is 21.6. The Morgan fingerprint density at radius 2 is 1.76 bits per heavy atom. The number of nitrogens with zero attached hydrogens (tertiary/aromatic N) is 1. The second-order valence-corrected chi connectivity index (χ2v) is 6.59. The average Bonchev–Trinajstić information content (AvgIpc) is 2.97. The zero-order valence-corrected chi connectivity index (χ0v) is 13.0. The van der Waals surface area contributed by atoms with E-state index in [1.165, 1.54) is 11.1 Å². The molecule has 0 aliphatic carbocycles. The average molecular weight is 296 g/mol. The molecule has 3 heteroatoms. The molecular weight excluding hydrogens is 276 g/mol. The summed E-state index contributed by atoms with van der Waals surface area (Å²) in [5.74, 6) is 0. The topological polar surface area (TPSA) is 24.4 Å². The van der Waals surface area contributed by atoms with Crippen LogP contribution >= 0.6 is 11.8 Å². The van der Waals surface area contributed by atoms with E-state index >= 15 is 0 Å². The normalized spacial score (nSPS) is 19.1. The van der Waals surface area contributed by atoms with Crippen LogP contribution in [0.15, 0.2) is 65.7 Å². The second-order valence-electron chi connectivity index (χ2n) is 5.40. The van der Waals surface area contributed by atoms with Crippen LogP contribution in [0.5, 0.6) is 0 Å². The molecule has 0 fully saturated rings. The highest BCUT2D eigenvalue weighted by molar-refractivity contribution is 8.14. The minimum absolute atomic E-state index is 0.396. The number of hydrogen-bond acceptors (Lipinski definition) is 3. The van der Waals surface area contributed by atoms with Crippen molar-refractivity contribution in [1.29, 1.82) is 0 Å². The van der Waals surface area contributed by atoms with Gasteiger partial charge in [0.2, 0.25) is 0 Å². The monoisotopic (exact) mass is 296 g/mol. The lowest BCUT2D eigenvalue weighted by atomic mass is 10.1. The fourth-order valence-electron chi connectivity index (χ4n) is 2.53. The van der Waals surface area contributed by atoms with Gasteiger partial charge in [-0.15, -0.1) is 0 Å². The van der Waals surface area contributed by atoms with Crippen LogP contribution in [0, 0.1) is 0 Å². The van der Waals surface area contributed by atoms with Crippen LogP contribution in [-0.4, -0.2) is 17.8 Å². The highest BCUT2D eigenvalue weighted by Crippen LogP contribution is 2.34. The van der Waals surface area contributed by atoms with Gasteiger partial charge in [0.15, 0.2) is 5.17 Å². The first-order chi connectivity index (χ1) is 10.3. The molecule has 1 aliphatic rings. The van der Waals surface area contributed by atoms with Gasteiger partial charge in [-0.1, -0.05) is 72.4 Å². The highest BCUT2D eigenvalue weighted by atomic mass is 32.2. The Hall–Kier alpha value is -1.74. The molecule has 21 heavy (non-hydrogen) atoms. The lowest BCUT2D eigenvalue weighted by Crippen LogP contribution is -2.31. The van der Waals surface area contributed by atoms with Crippen LogP contribution < -0.4 is 5.32 Å². The first kappa shape index (κ1) is 14.2. The maximum atomic E-state index is 4.64. The minimum Gasteiger partial charge on any atom is -0.362 e. The number of aliphatic imine (C=N–C) groups is 1. The summed E-state index contributed by atoms with van der Waals surface area (Å²) < 4.78 is 0. The largest absolute Gasteiger partial charge is 0.362 e. The quantitative estimate of drug-likeness (QED) is 0.920. The highest BCUT2D eigenvalue weighted by Gasteiger charge is 2.21. The van der Waals surface area contributed by atoms with Gasteiger partial charge in [-0.3, -0.25) is 4.99 Å². The molecule has 108 valence electrons. The van der Waals surface area contributed by atoms with Gasteiger partial charge in [0.1, 0.15) is 0 Å². The number of amidine groups is 1. The minimum atomic E-state index is 0.396. The van der Waals surface area contributed by atoms with Crippen molar-refractivity contribution in [2.45, 2.75) is 24.6 Å². The molecule has 0 saturated carbocycles. The maximum Gasteiger partial charge on any atom is 0.157 e. The molecule has 0 bridgehead atoms. The summed E-state index contributed by atoms with van der Waals surface area (Å²) in [4.78, 5) is 4.64. The molecular formula is C18H20N2S. The Morgan fingerprint density at radius 3 is 2.48 bits per heavy atom. The van der Waals surface area contributed by atoms with E-state index in [9.17, 15) is 0 Å². The fraction of sp³-hybridized carbons (Fsp3) is 0.278. The molecule has 0 aromatic heterocycles. The number of nitrogens with one attached hydrogen (secondary N) is 1. The SMILES string of the molecule is CC(Cc1ccccc1)NC1=NCC(c2ccccc2)S1. The van der Waals surface area contributed by atoms with Crippen molar-refractivity contribution in [3.63, 3.8) is 0 Å². The Labute approximate surface area is 130 Å². The maximum absolute atomic E-state index is 4.64. The molecule has 1 N–H and O–H groups in total. The molecule has 2 aromatic rings. The molecule has 1 aliphatic heterocycles. The third-order valence-corrected chi connectivity index (χ3v) is 4.76. The van der Waals surface area contributed by atoms with Gasteiger partial charge in [-0.05, 0) is 24.5 Å². The lowest BCUT2D eigenvalue weighted by molar-refractivity contribution is 0.665. The molecule has 3 rings (SSSR count). The smallest absolute Gasteiger partial charge is 0.157 e. The van der Waals surface area contributed by atoms with Crippen LogP contribution in [0.25, 0.3) is 0 Å². The first-order valence-electron chi connectivity index (χ1n) is 7.38. The Bertz CT molecular complexity index is 595. The van der Waals surface area contributed by atoms with Crippen molar-refractivity contribution in [3.05, 3.63) is 71.8 Å². The summed E-state index contributed by atoms with van der Waals surface area (Å²) in [5, 5.41) is 5.07. The van der Waals surface area contributed by atoms with Crippen LogP contribution in [0.2, 0.25) is 0 Å². The molecule has 2 aromatic carbocycles. The fourth-order valence-corrected chi connectivity index (χ4v) is 3.66. The van der Waals surface area contributed by atoms with Crippen molar-refractivity contribution < 1.29 is 0 Å². The van der Waals surface area contributed by atoms with E-state index in [0.29, 0.717) is 11.3 Å². The first-order valence-corrected chi connectivity index (χ1v) is 8.26. The molecule has 2 nitrogen and oxygen atoms in total. The van der Waals surface area contributed by atoms with Gasteiger partial charge in [0.25, 0.3) is 0 Å². The van der Waals surface area contributed by atoms with E-state index < -0.39 is 0 Å². The predicted octanol–water partition coefficient (Wildman–Crippen LogP) is 4.05. The summed E-state index contributed by atoms with van der Waals surface area (Å²) >= 11 is 1.84. The van der Waals surface area contributed by atoms with Gasteiger partial charge in [0.05, 0.1) is 11.8 Å². The molecule has 1 heterocycles. The summed E-state index contributed by atoms with van der Waals surface area (Å²) in [6.07, 6.45) is 1.02. The van der Waals surface area contributed by atoms with Crippen molar-refractivity contribution >= 4 is 16.9 Å². The van der Waals surface area contributed by atoms with E-state index in [4.69, 9.17) is 0 Å². The van der Waals surface area contributed by atoms with Crippen LogP contribution in [0.4, 0.5) is 0 Å². The van der Waals surface area contributed by atoms with Crippen LogP contribution in [0.1, 0.15) is 23.3 Å². The molecule has 0 radical (unpaired) electrons. The second kappa shape index (κ2) is 6.81. The molecule has 0 amide bonds. The van der Waals surface area contributed by atoms with E-state index in [1.807, 2.05) is 11.8 Å². The summed E-state index contributed by atoms with van der Waals surface area (Å²) in [6.45, 7) is 3.08. The molecule has 2 atom stereocenters. The van der Waals surface area contributed by atoms with Crippen molar-refractivity contribution in [2.24, 2.45) is 4.99 Å². The number of hydrogen-bond donors (Lipinski definition) is 1. The van der Waals surface area contributed by atoms with Gasteiger partial charge < -0.3 is 5.32 Å². The van der Waals surface area contributed by atoms with Gasteiger partial charge in [0, 0.05) is 6.04 Å². The van der Waals surface area contributed by atoms with E-state index in [-0.39, 0.29) is 0 Å². The summed E-state index contributed by atoms with van der Waals surface area (Å²) in [7, 11) is 0. The standard InChI is InChI=1S/C18H20N2S/c1-14(12-15-8-4-2-5-9-15)20-18-19-13-17(21-18)16-10-6-3-7-11-16/h2-11,14,17H,12-13H2,1H3,(H,19,20). The molecule has 0 spiro atoms. The van der Waals surface area contributed by atoms with Gasteiger partial charge in [-0.2, -0.15) is 0 Å². The molecule has 0 saturated heterocycles. The third kappa shape index (κ3) is 3.88. The van der Waals surface area contributed by atoms with Crippen molar-refractivity contribution in [2.75, 3.05) is 6.54 Å². The molecule has 2 unspecified atom stereocenters. The van der Waals surface area contributed by atoms with E-state index in [2.05, 4.69) is 77.9 Å². The van der Waals surface area contributed by atoms with Crippen LogP contribution in [-0.2, 0) is 6.42 Å². The number of thioether (sulfide) groups is 1. The lowest BCUT2D eigenvalue weighted by Gasteiger charge is -2.15. The Kier molecular flexibility index (Phi) is 4.61. The number of rotatable bonds is 4. The van der Waals surface area contributed by atoms with Gasteiger partial charge in [-0.25, -0.2) is 0 Å². The van der Waals surface area contributed by atoms with Crippen molar-refractivity contribution in [3.8, 4) is 0 Å². The Balaban J connectivity index is 1.53. The van der Waals surface area contributed by atoms with Gasteiger partial charge >= 0.3 is 0 Å². The number of benzene rings is 2. The summed E-state index contributed by atoms with van der Waals surface area (Å²) in [5.41, 5.74) is 2.72. The van der Waals surface area contributed by atoms with Crippen molar-refractivity contribution in [1.82, 2.24) is 5.32 Å². The zero-order valence-electron chi connectivity index (χ0n) is 12.2. The predicted molar refractivity (Wildman–Crippen MR) is 91.8 cm³/mol. The zero-order chi connectivity index (χ0) is 14.5. The van der Waals surface area contributed by atoms with E-state index in [0.717, 1.165) is 18.1 Å². The Morgan fingerprint density at radius 1 is 1.10 bits per heavy atom. The van der Waals surface area contributed by atoms with Crippen LogP contribution in [0.3, 0.4) is 0 Å². The van der Waals surface area contributed by atoms with E-state index in [1.54, 1.807) is 0 Å².